The van der Waals surface area contributed by atoms with E-state index in [4.69, 9.17) is 4.74 Å². The predicted octanol–water partition coefficient (Wildman–Crippen LogP) is 3.65. The smallest absolute Gasteiger partial charge is 0.119 e. The highest BCUT2D eigenvalue weighted by molar-refractivity contribution is 5.80. The van der Waals surface area contributed by atoms with Gasteiger partial charge in [-0.3, -0.25) is 0 Å². The fraction of sp³-hybridized carbons (Fsp3) is 0.300. The maximum absolute atomic E-state index is 5.39. The van der Waals surface area contributed by atoms with Crippen LogP contribution < -0.4 is 10.1 Å². The zero-order valence-electron chi connectivity index (χ0n) is 13.4. The summed E-state index contributed by atoms with van der Waals surface area (Å²) < 4.78 is 5.39. The molecule has 2 heterocycles. The summed E-state index contributed by atoms with van der Waals surface area (Å²) in [6, 6.07) is 17.4. The molecule has 3 nitrogen and oxygen atoms in total. The number of hydrogen-bond donors (Lipinski definition) is 2. The van der Waals surface area contributed by atoms with Crippen LogP contribution in [0.15, 0.2) is 54.7 Å². The number of H-pyrrole nitrogens is 1. The average Bonchev–Trinajstić information content (AvgIpc) is 3.24. The maximum Gasteiger partial charge on any atom is 0.119 e. The van der Waals surface area contributed by atoms with Crippen molar-refractivity contribution < 1.29 is 4.74 Å². The Labute approximate surface area is 136 Å². The largest absolute Gasteiger partial charge is 0.497 e. The number of hydrogen-bond acceptors (Lipinski definition) is 2. The van der Waals surface area contributed by atoms with Crippen molar-refractivity contribution in [3.8, 4) is 5.75 Å². The van der Waals surface area contributed by atoms with Gasteiger partial charge in [0.2, 0.25) is 0 Å². The van der Waals surface area contributed by atoms with Crippen LogP contribution >= 0.6 is 0 Å². The molecule has 0 radical (unpaired) electrons. The van der Waals surface area contributed by atoms with Gasteiger partial charge < -0.3 is 15.0 Å². The fourth-order valence-electron chi connectivity index (χ4n) is 3.80. The molecule has 0 bridgehead atoms. The van der Waals surface area contributed by atoms with Gasteiger partial charge >= 0.3 is 0 Å². The Hall–Kier alpha value is -2.26. The van der Waals surface area contributed by atoms with Crippen LogP contribution in [0.5, 0.6) is 5.75 Å². The van der Waals surface area contributed by atoms with Crippen LogP contribution in [0.4, 0.5) is 0 Å². The Morgan fingerprint density at radius 3 is 2.91 bits per heavy atom. The lowest BCUT2D eigenvalue weighted by Crippen LogP contribution is -2.31. The standard InChI is InChI=1S/C20H22N2O/c1-23-18-4-2-3-15(11-18)13-20(8-10-21-14-20)17-5-6-19-16(12-17)7-9-22-19/h2-7,9,11-12,21-22H,8,10,13-14H2,1H3. The molecular weight excluding hydrogens is 284 g/mol. The highest BCUT2D eigenvalue weighted by atomic mass is 16.5. The van der Waals surface area contributed by atoms with E-state index in [1.807, 2.05) is 12.3 Å². The van der Waals surface area contributed by atoms with Gasteiger partial charge in [-0.25, -0.2) is 0 Å². The van der Waals surface area contributed by atoms with Crippen molar-refractivity contribution >= 4 is 10.9 Å². The van der Waals surface area contributed by atoms with Gasteiger partial charge in [0.25, 0.3) is 0 Å². The van der Waals surface area contributed by atoms with Crippen LogP contribution in [0.1, 0.15) is 17.5 Å². The topological polar surface area (TPSA) is 37.0 Å². The van der Waals surface area contributed by atoms with Crippen molar-refractivity contribution in [2.45, 2.75) is 18.3 Å². The Bertz CT molecular complexity index is 815. The van der Waals surface area contributed by atoms with Crippen molar-refractivity contribution in [1.82, 2.24) is 10.3 Å². The van der Waals surface area contributed by atoms with E-state index in [9.17, 15) is 0 Å². The molecule has 1 aromatic heterocycles. The third-order valence-electron chi connectivity index (χ3n) is 5.09. The Morgan fingerprint density at radius 2 is 2.09 bits per heavy atom. The lowest BCUT2D eigenvalue weighted by molar-refractivity contribution is 0.412. The zero-order valence-corrected chi connectivity index (χ0v) is 13.4. The van der Waals surface area contributed by atoms with Gasteiger partial charge in [-0.2, -0.15) is 0 Å². The second-order valence-corrected chi connectivity index (χ2v) is 6.52. The number of methoxy groups -OCH3 is 1. The van der Waals surface area contributed by atoms with Crippen LogP contribution in [0.25, 0.3) is 10.9 Å². The van der Waals surface area contributed by atoms with Gasteiger partial charge in [0.15, 0.2) is 0 Å². The molecule has 1 fully saturated rings. The first-order valence-electron chi connectivity index (χ1n) is 8.20. The third-order valence-corrected chi connectivity index (χ3v) is 5.09. The van der Waals surface area contributed by atoms with E-state index < -0.39 is 0 Å². The van der Waals surface area contributed by atoms with Crippen LogP contribution in [-0.4, -0.2) is 25.2 Å². The van der Waals surface area contributed by atoms with E-state index in [0.717, 1.165) is 25.3 Å². The zero-order chi connectivity index (χ0) is 15.7. The number of ether oxygens (including phenoxy) is 1. The van der Waals surface area contributed by atoms with Gasteiger partial charge in [0.1, 0.15) is 5.75 Å². The minimum Gasteiger partial charge on any atom is -0.497 e. The minimum absolute atomic E-state index is 0.165. The molecule has 1 saturated heterocycles. The van der Waals surface area contributed by atoms with Gasteiger partial charge in [-0.05, 0) is 66.2 Å². The number of nitrogens with one attached hydrogen (secondary N) is 2. The Balaban J connectivity index is 1.73. The first-order valence-corrected chi connectivity index (χ1v) is 8.20. The molecule has 23 heavy (non-hydrogen) atoms. The summed E-state index contributed by atoms with van der Waals surface area (Å²) >= 11 is 0. The molecule has 2 N–H and O–H groups in total. The highest BCUT2D eigenvalue weighted by Crippen LogP contribution is 2.36. The van der Waals surface area contributed by atoms with Crippen molar-refractivity contribution in [3.05, 3.63) is 65.9 Å². The fourth-order valence-corrected chi connectivity index (χ4v) is 3.80. The minimum atomic E-state index is 0.165. The van der Waals surface area contributed by atoms with Crippen molar-refractivity contribution in [2.24, 2.45) is 0 Å². The Morgan fingerprint density at radius 1 is 1.13 bits per heavy atom. The number of fused-ring (bicyclic) bond motifs is 1. The van der Waals surface area contributed by atoms with Gasteiger partial charge in [0.05, 0.1) is 7.11 Å². The van der Waals surface area contributed by atoms with Crippen molar-refractivity contribution in [1.29, 1.82) is 0 Å². The molecule has 1 aliphatic heterocycles. The van der Waals surface area contributed by atoms with E-state index >= 15 is 0 Å². The van der Waals surface area contributed by atoms with Crippen LogP contribution in [-0.2, 0) is 11.8 Å². The first-order chi connectivity index (χ1) is 11.3. The average molecular weight is 306 g/mol. The molecule has 3 aromatic rings. The van der Waals surface area contributed by atoms with E-state index in [-0.39, 0.29) is 5.41 Å². The molecule has 0 spiro atoms. The van der Waals surface area contributed by atoms with Gasteiger partial charge in [-0.1, -0.05) is 18.2 Å². The highest BCUT2D eigenvalue weighted by Gasteiger charge is 2.35. The number of aromatic amines is 1. The molecule has 1 atom stereocenters. The predicted molar refractivity (Wildman–Crippen MR) is 94.2 cm³/mol. The Kier molecular flexibility index (Phi) is 3.58. The van der Waals surface area contributed by atoms with E-state index in [2.05, 4.69) is 52.8 Å². The summed E-state index contributed by atoms with van der Waals surface area (Å²) in [6.07, 6.45) is 4.21. The molecule has 0 saturated carbocycles. The number of benzene rings is 2. The summed E-state index contributed by atoms with van der Waals surface area (Å²) in [5.74, 6) is 0.935. The van der Waals surface area contributed by atoms with Gasteiger partial charge in [0, 0.05) is 23.7 Å². The molecule has 3 heteroatoms. The van der Waals surface area contributed by atoms with Crippen molar-refractivity contribution in [2.75, 3.05) is 20.2 Å². The van der Waals surface area contributed by atoms with E-state index in [0.29, 0.717) is 0 Å². The quantitative estimate of drug-likeness (QED) is 0.772. The van der Waals surface area contributed by atoms with Crippen LogP contribution in [0.3, 0.4) is 0 Å². The summed E-state index contributed by atoms with van der Waals surface area (Å²) in [5.41, 5.74) is 4.13. The monoisotopic (exact) mass is 306 g/mol. The van der Waals surface area contributed by atoms with E-state index in [1.54, 1.807) is 7.11 Å². The normalized spacial score (nSPS) is 20.9. The summed E-state index contributed by atoms with van der Waals surface area (Å²) in [7, 11) is 1.73. The SMILES string of the molecule is COc1cccc(CC2(c3ccc4[nH]ccc4c3)CCNC2)c1. The summed E-state index contributed by atoms with van der Waals surface area (Å²) in [6.45, 7) is 2.11. The first kappa shape index (κ1) is 14.3. The molecule has 2 aromatic carbocycles. The van der Waals surface area contributed by atoms with Gasteiger partial charge in [-0.15, -0.1) is 0 Å². The lowest BCUT2D eigenvalue weighted by atomic mass is 9.74. The second-order valence-electron chi connectivity index (χ2n) is 6.52. The van der Waals surface area contributed by atoms with Crippen LogP contribution in [0.2, 0.25) is 0 Å². The maximum atomic E-state index is 5.39. The molecule has 1 unspecified atom stereocenters. The van der Waals surface area contributed by atoms with E-state index in [1.165, 1.54) is 28.5 Å². The second kappa shape index (κ2) is 5.74. The lowest BCUT2D eigenvalue weighted by Gasteiger charge is -2.29. The molecular formula is C20H22N2O. The molecule has 4 rings (SSSR count). The molecule has 118 valence electrons. The van der Waals surface area contributed by atoms with Crippen LogP contribution in [0, 0.1) is 0 Å². The number of aromatic nitrogens is 1. The molecule has 0 aliphatic carbocycles. The van der Waals surface area contributed by atoms with Crippen molar-refractivity contribution in [3.63, 3.8) is 0 Å². The molecule has 1 aliphatic rings. The third kappa shape index (κ3) is 2.62. The summed E-state index contributed by atoms with van der Waals surface area (Å²) in [5, 5.41) is 4.85. The number of rotatable bonds is 4. The summed E-state index contributed by atoms with van der Waals surface area (Å²) in [4.78, 5) is 3.28. The molecule has 0 amide bonds.